The van der Waals surface area contributed by atoms with Crippen LogP contribution in [-0.2, 0) is 19.5 Å². The van der Waals surface area contributed by atoms with E-state index in [1.807, 2.05) is 7.05 Å². The zero-order valence-electron chi connectivity index (χ0n) is 18.7. The Balaban J connectivity index is 0.00000256. The Bertz CT molecular complexity index is 675. The SMILES string of the molecule is CN=C(NCc1nnc2n1CCCCC2)NCC1(N2CCCCC2)CCCCC1.I. The molecular weight excluding hydrogens is 489 g/mol. The third-order valence-electron chi connectivity index (χ3n) is 7.22. The summed E-state index contributed by atoms with van der Waals surface area (Å²) in [6.07, 6.45) is 15.6. The molecule has 0 atom stereocenters. The molecule has 3 aliphatic rings. The highest BCUT2D eigenvalue weighted by Gasteiger charge is 2.38. The molecule has 3 heterocycles. The van der Waals surface area contributed by atoms with E-state index in [2.05, 4.69) is 35.3 Å². The molecule has 0 radical (unpaired) electrons. The minimum absolute atomic E-state index is 0. The van der Waals surface area contributed by atoms with E-state index in [-0.39, 0.29) is 24.0 Å². The monoisotopic (exact) mass is 529 g/mol. The summed E-state index contributed by atoms with van der Waals surface area (Å²) in [7, 11) is 1.87. The first-order chi connectivity index (χ1) is 14.3. The van der Waals surface area contributed by atoms with Gasteiger partial charge in [0, 0.05) is 32.1 Å². The van der Waals surface area contributed by atoms with Crippen LogP contribution in [0.1, 0.15) is 82.3 Å². The van der Waals surface area contributed by atoms with Crippen molar-refractivity contribution in [1.29, 1.82) is 0 Å². The van der Waals surface area contributed by atoms with Crippen molar-refractivity contribution in [3.05, 3.63) is 11.6 Å². The Labute approximate surface area is 198 Å². The van der Waals surface area contributed by atoms with Crippen molar-refractivity contribution < 1.29 is 0 Å². The summed E-state index contributed by atoms with van der Waals surface area (Å²) in [6, 6.07) is 0. The fourth-order valence-electron chi connectivity index (χ4n) is 5.49. The van der Waals surface area contributed by atoms with Gasteiger partial charge in [-0.2, -0.15) is 0 Å². The Morgan fingerprint density at radius 2 is 1.60 bits per heavy atom. The second kappa shape index (κ2) is 11.6. The van der Waals surface area contributed by atoms with Crippen LogP contribution < -0.4 is 10.6 Å². The van der Waals surface area contributed by atoms with Crippen molar-refractivity contribution in [2.24, 2.45) is 4.99 Å². The number of guanidine groups is 1. The van der Waals surface area contributed by atoms with Gasteiger partial charge in [0.25, 0.3) is 0 Å². The van der Waals surface area contributed by atoms with Gasteiger partial charge < -0.3 is 15.2 Å². The molecule has 1 aliphatic carbocycles. The largest absolute Gasteiger partial charge is 0.355 e. The molecular formula is C22H40IN7. The molecule has 2 aliphatic heterocycles. The van der Waals surface area contributed by atoms with E-state index in [0.29, 0.717) is 12.1 Å². The summed E-state index contributed by atoms with van der Waals surface area (Å²) in [5.74, 6) is 3.07. The maximum Gasteiger partial charge on any atom is 0.191 e. The zero-order valence-corrected chi connectivity index (χ0v) is 21.0. The molecule has 0 aromatic carbocycles. The number of hydrogen-bond acceptors (Lipinski definition) is 4. The van der Waals surface area contributed by atoms with Crippen molar-refractivity contribution in [2.75, 3.05) is 26.7 Å². The fourth-order valence-corrected chi connectivity index (χ4v) is 5.49. The molecule has 0 amide bonds. The lowest BCUT2D eigenvalue weighted by molar-refractivity contribution is 0.0368. The minimum Gasteiger partial charge on any atom is -0.355 e. The highest BCUT2D eigenvalue weighted by molar-refractivity contribution is 14.0. The number of rotatable bonds is 5. The number of piperidine rings is 1. The molecule has 0 spiro atoms. The predicted octanol–water partition coefficient (Wildman–Crippen LogP) is 3.48. The first kappa shape index (κ1) is 23.8. The molecule has 1 saturated heterocycles. The smallest absolute Gasteiger partial charge is 0.191 e. The van der Waals surface area contributed by atoms with E-state index < -0.39 is 0 Å². The molecule has 8 heteroatoms. The Morgan fingerprint density at radius 1 is 0.900 bits per heavy atom. The lowest BCUT2D eigenvalue weighted by Crippen LogP contribution is -2.59. The quantitative estimate of drug-likeness (QED) is 0.347. The number of fused-ring (bicyclic) bond motifs is 1. The van der Waals surface area contributed by atoms with Crippen molar-refractivity contribution in [2.45, 2.75) is 95.7 Å². The minimum atomic E-state index is 0. The lowest BCUT2D eigenvalue weighted by atomic mass is 9.79. The van der Waals surface area contributed by atoms with Crippen LogP contribution in [0.4, 0.5) is 0 Å². The van der Waals surface area contributed by atoms with E-state index in [1.54, 1.807) is 0 Å². The van der Waals surface area contributed by atoms with E-state index in [9.17, 15) is 0 Å². The Kier molecular flexibility index (Phi) is 9.22. The van der Waals surface area contributed by atoms with Gasteiger partial charge in [-0.15, -0.1) is 34.2 Å². The molecule has 1 aromatic heterocycles. The van der Waals surface area contributed by atoms with Crippen LogP contribution >= 0.6 is 24.0 Å². The number of hydrogen-bond donors (Lipinski definition) is 2. The van der Waals surface area contributed by atoms with Crippen molar-refractivity contribution >= 4 is 29.9 Å². The normalized spacial score (nSPS) is 22.5. The first-order valence-corrected chi connectivity index (χ1v) is 11.9. The lowest BCUT2D eigenvalue weighted by Gasteiger charge is -2.48. The second-order valence-corrected chi connectivity index (χ2v) is 9.11. The molecule has 2 N–H and O–H groups in total. The number of nitrogens with one attached hydrogen (secondary N) is 2. The van der Waals surface area contributed by atoms with Crippen molar-refractivity contribution in [3.63, 3.8) is 0 Å². The number of nitrogens with zero attached hydrogens (tertiary/aromatic N) is 5. The highest BCUT2D eigenvalue weighted by Crippen LogP contribution is 2.35. The zero-order chi connectivity index (χ0) is 19.9. The van der Waals surface area contributed by atoms with E-state index in [0.717, 1.165) is 37.1 Å². The molecule has 7 nitrogen and oxygen atoms in total. The van der Waals surface area contributed by atoms with Gasteiger partial charge in [0.05, 0.1) is 6.54 Å². The van der Waals surface area contributed by atoms with Crippen LogP contribution in [0.2, 0.25) is 0 Å². The molecule has 1 saturated carbocycles. The summed E-state index contributed by atoms with van der Waals surface area (Å²) in [6.45, 7) is 5.25. The van der Waals surface area contributed by atoms with Crippen LogP contribution in [0, 0.1) is 0 Å². The summed E-state index contributed by atoms with van der Waals surface area (Å²) in [4.78, 5) is 7.28. The molecule has 30 heavy (non-hydrogen) atoms. The topological polar surface area (TPSA) is 70.4 Å². The summed E-state index contributed by atoms with van der Waals surface area (Å²) >= 11 is 0. The second-order valence-electron chi connectivity index (χ2n) is 9.11. The molecule has 170 valence electrons. The molecule has 1 aromatic rings. The number of aromatic nitrogens is 3. The van der Waals surface area contributed by atoms with Crippen LogP contribution in [-0.4, -0.2) is 57.8 Å². The van der Waals surface area contributed by atoms with Gasteiger partial charge in [0.1, 0.15) is 5.82 Å². The van der Waals surface area contributed by atoms with Crippen molar-refractivity contribution in [1.82, 2.24) is 30.3 Å². The van der Waals surface area contributed by atoms with Gasteiger partial charge in [0.15, 0.2) is 11.8 Å². The Hall–Kier alpha value is -0.900. The van der Waals surface area contributed by atoms with Gasteiger partial charge in [-0.25, -0.2) is 0 Å². The summed E-state index contributed by atoms with van der Waals surface area (Å²) in [5, 5.41) is 16.0. The first-order valence-electron chi connectivity index (χ1n) is 11.9. The van der Waals surface area contributed by atoms with Crippen LogP contribution in [0.25, 0.3) is 0 Å². The van der Waals surface area contributed by atoms with Crippen LogP contribution in [0.5, 0.6) is 0 Å². The average Bonchev–Trinajstić information content (AvgIpc) is 3.01. The van der Waals surface area contributed by atoms with E-state index in [1.165, 1.54) is 83.7 Å². The third kappa shape index (κ3) is 5.66. The Morgan fingerprint density at radius 3 is 2.37 bits per heavy atom. The maximum atomic E-state index is 4.50. The highest BCUT2D eigenvalue weighted by atomic mass is 127. The van der Waals surface area contributed by atoms with Crippen LogP contribution in [0.15, 0.2) is 4.99 Å². The van der Waals surface area contributed by atoms with E-state index in [4.69, 9.17) is 0 Å². The van der Waals surface area contributed by atoms with Crippen LogP contribution in [0.3, 0.4) is 0 Å². The molecule has 0 bridgehead atoms. The number of halogens is 1. The van der Waals surface area contributed by atoms with Gasteiger partial charge in [-0.05, 0) is 51.6 Å². The summed E-state index contributed by atoms with van der Waals surface area (Å²) < 4.78 is 2.31. The maximum absolute atomic E-state index is 4.50. The molecule has 4 rings (SSSR count). The van der Waals surface area contributed by atoms with Gasteiger partial charge in [-0.1, -0.05) is 32.1 Å². The standard InChI is InChI=1S/C22H39N7.HI/c1-23-21(24-17-20-27-26-19-11-5-2-10-16-29(19)20)25-18-22(12-6-3-7-13-22)28-14-8-4-9-15-28;/h2-18H2,1H3,(H2,23,24,25);1H. The average molecular weight is 530 g/mol. The third-order valence-corrected chi connectivity index (χ3v) is 7.22. The molecule has 2 fully saturated rings. The fraction of sp³-hybridized carbons (Fsp3) is 0.864. The number of aryl methyl sites for hydroxylation is 1. The van der Waals surface area contributed by atoms with Gasteiger partial charge in [-0.3, -0.25) is 9.89 Å². The summed E-state index contributed by atoms with van der Waals surface area (Å²) in [5.41, 5.74) is 0.308. The van der Waals surface area contributed by atoms with Gasteiger partial charge >= 0.3 is 0 Å². The van der Waals surface area contributed by atoms with Crippen molar-refractivity contribution in [3.8, 4) is 0 Å². The number of likely N-dealkylation sites (tertiary alicyclic amines) is 1. The number of aliphatic imine (C=N–C) groups is 1. The van der Waals surface area contributed by atoms with E-state index >= 15 is 0 Å². The molecule has 0 unspecified atom stereocenters. The predicted molar refractivity (Wildman–Crippen MR) is 132 cm³/mol. The van der Waals surface area contributed by atoms with Gasteiger partial charge in [0.2, 0.25) is 0 Å².